The lowest BCUT2D eigenvalue weighted by atomic mass is 9.92. The number of hydrogen-bond acceptors (Lipinski definition) is 5. The quantitative estimate of drug-likeness (QED) is 0.653. The number of thioether (sulfide) groups is 1. The molecule has 2 aliphatic heterocycles. The Hall–Kier alpha value is -0.590. The maximum atomic E-state index is 5.97. The molecule has 5 heteroatoms. The van der Waals surface area contributed by atoms with Crippen molar-refractivity contribution in [3.05, 3.63) is 35.4 Å². The van der Waals surface area contributed by atoms with E-state index in [1.54, 1.807) is 0 Å². The third kappa shape index (κ3) is 3.18. The third-order valence-electron chi connectivity index (χ3n) is 4.06. The van der Waals surface area contributed by atoms with E-state index in [0.717, 1.165) is 37.6 Å². The SMILES string of the molecule is NNC(CC1OCCc2ccccc21)C1CSCCO1. The van der Waals surface area contributed by atoms with Gasteiger partial charge in [0.1, 0.15) is 0 Å². The number of fused-ring (bicyclic) bond motifs is 1. The van der Waals surface area contributed by atoms with Crippen molar-refractivity contribution in [3.8, 4) is 0 Å². The Morgan fingerprint density at radius 1 is 1.30 bits per heavy atom. The van der Waals surface area contributed by atoms with Gasteiger partial charge in [-0.2, -0.15) is 11.8 Å². The van der Waals surface area contributed by atoms with Crippen LogP contribution in [0.3, 0.4) is 0 Å². The van der Waals surface area contributed by atoms with Gasteiger partial charge < -0.3 is 9.47 Å². The van der Waals surface area contributed by atoms with Crippen molar-refractivity contribution < 1.29 is 9.47 Å². The molecule has 0 saturated carbocycles. The van der Waals surface area contributed by atoms with Gasteiger partial charge in [0.15, 0.2) is 0 Å². The molecular formula is C15H22N2O2S. The molecule has 4 nitrogen and oxygen atoms in total. The van der Waals surface area contributed by atoms with Crippen LogP contribution in [0.4, 0.5) is 0 Å². The van der Waals surface area contributed by atoms with E-state index in [1.807, 2.05) is 11.8 Å². The van der Waals surface area contributed by atoms with E-state index in [4.69, 9.17) is 15.3 Å². The lowest BCUT2D eigenvalue weighted by molar-refractivity contribution is -0.00367. The smallest absolute Gasteiger partial charge is 0.0844 e. The molecule has 1 saturated heterocycles. The van der Waals surface area contributed by atoms with Crippen LogP contribution in [0.2, 0.25) is 0 Å². The fraction of sp³-hybridized carbons (Fsp3) is 0.600. The van der Waals surface area contributed by atoms with Crippen LogP contribution in [-0.2, 0) is 15.9 Å². The van der Waals surface area contributed by atoms with E-state index >= 15 is 0 Å². The molecule has 3 atom stereocenters. The molecule has 110 valence electrons. The lowest BCUT2D eigenvalue weighted by Gasteiger charge is -2.34. The number of hydrogen-bond donors (Lipinski definition) is 2. The van der Waals surface area contributed by atoms with Crippen LogP contribution in [0.25, 0.3) is 0 Å². The number of nitrogens with two attached hydrogens (primary N) is 1. The first kappa shape index (κ1) is 14.4. The number of ether oxygens (including phenoxy) is 2. The molecule has 3 rings (SSSR count). The first-order valence-corrected chi connectivity index (χ1v) is 8.39. The monoisotopic (exact) mass is 294 g/mol. The van der Waals surface area contributed by atoms with Crippen LogP contribution in [0.5, 0.6) is 0 Å². The fourth-order valence-corrected chi connectivity index (χ4v) is 3.91. The zero-order valence-corrected chi connectivity index (χ0v) is 12.4. The summed E-state index contributed by atoms with van der Waals surface area (Å²) in [5.41, 5.74) is 5.64. The topological polar surface area (TPSA) is 56.5 Å². The van der Waals surface area contributed by atoms with E-state index in [9.17, 15) is 0 Å². The highest BCUT2D eigenvalue weighted by molar-refractivity contribution is 7.99. The molecule has 0 aromatic heterocycles. The summed E-state index contributed by atoms with van der Waals surface area (Å²) in [5, 5.41) is 0. The predicted octanol–water partition coefficient (Wildman–Crippen LogP) is 1.65. The largest absolute Gasteiger partial charge is 0.375 e. The Morgan fingerprint density at radius 3 is 3.00 bits per heavy atom. The number of rotatable bonds is 4. The summed E-state index contributed by atoms with van der Waals surface area (Å²) >= 11 is 1.93. The van der Waals surface area contributed by atoms with Gasteiger partial charge in [0.25, 0.3) is 0 Å². The van der Waals surface area contributed by atoms with Gasteiger partial charge in [-0.1, -0.05) is 24.3 Å². The zero-order valence-electron chi connectivity index (χ0n) is 11.6. The van der Waals surface area contributed by atoms with E-state index in [0.29, 0.717) is 0 Å². The Bertz CT molecular complexity index is 438. The molecule has 2 aliphatic rings. The number of nitrogens with one attached hydrogen (secondary N) is 1. The van der Waals surface area contributed by atoms with E-state index in [1.165, 1.54) is 11.1 Å². The molecule has 0 spiro atoms. The molecule has 1 aromatic carbocycles. The Labute approximate surface area is 124 Å². The van der Waals surface area contributed by atoms with Crippen molar-refractivity contribution in [2.24, 2.45) is 5.84 Å². The van der Waals surface area contributed by atoms with Crippen molar-refractivity contribution in [1.82, 2.24) is 5.43 Å². The lowest BCUT2D eigenvalue weighted by Crippen LogP contribution is -2.49. The standard InChI is InChI=1S/C15H22N2O2S/c16-17-13(15-10-20-8-7-19-15)9-14-12-4-2-1-3-11(12)5-6-18-14/h1-4,13-15,17H,5-10,16H2. The van der Waals surface area contributed by atoms with E-state index in [2.05, 4.69) is 29.7 Å². The van der Waals surface area contributed by atoms with Crippen molar-refractivity contribution >= 4 is 11.8 Å². The minimum absolute atomic E-state index is 0.122. The van der Waals surface area contributed by atoms with Gasteiger partial charge in [-0.3, -0.25) is 11.3 Å². The summed E-state index contributed by atoms with van der Waals surface area (Å²) in [7, 11) is 0. The van der Waals surface area contributed by atoms with Gasteiger partial charge in [-0.25, -0.2) is 0 Å². The van der Waals surface area contributed by atoms with Crippen molar-refractivity contribution in [1.29, 1.82) is 0 Å². The molecule has 20 heavy (non-hydrogen) atoms. The maximum absolute atomic E-state index is 5.97. The second kappa shape index (κ2) is 6.91. The van der Waals surface area contributed by atoms with Gasteiger partial charge in [-0.05, 0) is 24.0 Å². The van der Waals surface area contributed by atoms with Gasteiger partial charge in [0, 0.05) is 11.5 Å². The van der Waals surface area contributed by atoms with E-state index in [-0.39, 0.29) is 18.2 Å². The number of benzene rings is 1. The second-order valence-corrected chi connectivity index (χ2v) is 6.45. The van der Waals surface area contributed by atoms with Gasteiger partial charge in [0.05, 0.1) is 31.5 Å². The molecule has 0 radical (unpaired) electrons. The first-order chi connectivity index (χ1) is 9.88. The van der Waals surface area contributed by atoms with Crippen LogP contribution in [0.15, 0.2) is 24.3 Å². The van der Waals surface area contributed by atoms with E-state index < -0.39 is 0 Å². The minimum atomic E-state index is 0.122. The molecule has 2 heterocycles. The second-order valence-electron chi connectivity index (χ2n) is 5.30. The Kier molecular flexibility index (Phi) is 4.96. The van der Waals surface area contributed by atoms with Gasteiger partial charge in [-0.15, -0.1) is 0 Å². The summed E-state index contributed by atoms with van der Waals surface area (Å²) < 4.78 is 11.8. The highest BCUT2D eigenvalue weighted by atomic mass is 32.2. The summed E-state index contributed by atoms with van der Waals surface area (Å²) in [5.74, 6) is 7.83. The highest BCUT2D eigenvalue weighted by Crippen LogP contribution is 2.32. The van der Waals surface area contributed by atoms with Gasteiger partial charge in [0.2, 0.25) is 0 Å². The molecule has 0 aliphatic carbocycles. The molecule has 1 aromatic rings. The van der Waals surface area contributed by atoms with Crippen LogP contribution in [-0.4, -0.2) is 36.9 Å². The molecule has 1 fully saturated rings. The van der Waals surface area contributed by atoms with Crippen molar-refractivity contribution in [2.75, 3.05) is 24.7 Å². The average molecular weight is 294 g/mol. The zero-order chi connectivity index (χ0) is 13.8. The highest BCUT2D eigenvalue weighted by Gasteiger charge is 2.29. The fourth-order valence-electron chi connectivity index (χ4n) is 2.97. The molecular weight excluding hydrogens is 272 g/mol. The predicted molar refractivity (Wildman–Crippen MR) is 81.6 cm³/mol. The summed E-state index contributed by atoms with van der Waals surface area (Å²) in [4.78, 5) is 0. The maximum Gasteiger partial charge on any atom is 0.0844 e. The van der Waals surface area contributed by atoms with Gasteiger partial charge >= 0.3 is 0 Å². The molecule has 0 bridgehead atoms. The molecule has 0 amide bonds. The number of hydrazine groups is 1. The summed E-state index contributed by atoms with van der Waals surface area (Å²) in [6, 6.07) is 8.68. The van der Waals surface area contributed by atoms with Crippen molar-refractivity contribution in [3.63, 3.8) is 0 Å². The third-order valence-corrected chi connectivity index (χ3v) is 5.08. The summed E-state index contributed by atoms with van der Waals surface area (Å²) in [6.45, 7) is 1.61. The average Bonchev–Trinajstić information content (AvgIpc) is 2.53. The Balaban J connectivity index is 1.70. The van der Waals surface area contributed by atoms with Crippen molar-refractivity contribution in [2.45, 2.75) is 31.1 Å². The van der Waals surface area contributed by atoms with Crippen LogP contribution in [0, 0.1) is 0 Å². The normalized spacial score (nSPS) is 27.9. The molecule has 3 unspecified atom stereocenters. The molecule has 3 N–H and O–H groups in total. The first-order valence-electron chi connectivity index (χ1n) is 7.23. The van der Waals surface area contributed by atoms with Crippen LogP contribution in [0.1, 0.15) is 23.7 Å². The Morgan fingerprint density at radius 2 is 2.20 bits per heavy atom. The minimum Gasteiger partial charge on any atom is -0.375 e. The van der Waals surface area contributed by atoms with Crippen LogP contribution >= 0.6 is 11.8 Å². The summed E-state index contributed by atoms with van der Waals surface area (Å²) in [6.07, 6.45) is 2.16. The van der Waals surface area contributed by atoms with Crippen LogP contribution < -0.4 is 11.3 Å².